The van der Waals surface area contributed by atoms with Crippen LogP contribution in [0.25, 0.3) is 10.9 Å². The normalized spacial score (nSPS) is 15.6. The zero-order valence-electron chi connectivity index (χ0n) is 23.1. The number of hydrogen-bond acceptors (Lipinski definition) is 6. The van der Waals surface area contributed by atoms with E-state index in [0.29, 0.717) is 36.6 Å². The summed E-state index contributed by atoms with van der Waals surface area (Å²) < 4.78 is 5.40. The number of benzene rings is 2. The van der Waals surface area contributed by atoms with Crippen LogP contribution in [-0.2, 0) is 15.3 Å². The van der Waals surface area contributed by atoms with Gasteiger partial charge >= 0.3 is 0 Å². The molecule has 1 aliphatic heterocycles. The molecule has 40 heavy (non-hydrogen) atoms. The van der Waals surface area contributed by atoms with E-state index in [4.69, 9.17) is 4.74 Å². The minimum absolute atomic E-state index is 0.111. The molecule has 0 aliphatic carbocycles. The fourth-order valence-electron chi connectivity index (χ4n) is 4.80. The highest BCUT2D eigenvalue weighted by Gasteiger charge is 2.32. The average Bonchev–Trinajstić information content (AvgIpc) is 3.57. The maximum Gasteiger partial charge on any atom is 0.282 e. The van der Waals surface area contributed by atoms with Crippen LogP contribution in [0.4, 0.5) is 4.79 Å². The molecule has 2 atom stereocenters. The smallest absolute Gasteiger partial charge is 0.282 e. The summed E-state index contributed by atoms with van der Waals surface area (Å²) in [6.45, 7) is 4.46. The monoisotopic (exact) mass is 564 g/mol. The molecular weight excluding hydrogens is 528 g/mol. The Balaban J connectivity index is 1.49. The first-order valence-electron chi connectivity index (χ1n) is 13.5. The zero-order valence-corrected chi connectivity index (χ0v) is 23.9. The van der Waals surface area contributed by atoms with Crippen LogP contribution in [0.5, 0.6) is 5.75 Å². The molecular formula is C30H36N4O5S. The minimum Gasteiger partial charge on any atom is -0.496 e. The van der Waals surface area contributed by atoms with Gasteiger partial charge in [0.25, 0.3) is 11.1 Å². The maximum absolute atomic E-state index is 13.6. The van der Waals surface area contributed by atoms with Crippen molar-refractivity contribution in [3.63, 3.8) is 0 Å². The molecule has 1 saturated heterocycles. The number of carbonyl (C=O) groups is 4. The molecule has 2 aromatic carbocycles. The molecule has 1 aliphatic rings. The number of carbonyl (C=O) groups excluding carboxylic acids is 4. The number of aromatic amines is 1. The Bertz CT molecular complexity index is 1360. The topological polar surface area (TPSA) is 121 Å². The molecule has 0 bridgehead atoms. The van der Waals surface area contributed by atoms with Gasteiger partial charge in [-0.15, -0.1) is 0 Å². The highest BCUT2D eigenvalue weighted by atomic mass is 32.2. The quantitative estimate of drug-likeness (QED) is 0.300. The molecule has 1 aromatic heterocycles. The van der Waals surface area contributed by atoms with Gasteiger partial charge in [-0.2, -0.15) is 0 Å². The van der Waals surface area contributed by atoms with Crippen LogP contribution >= 0.6 is 11.8 Å². The van der Waals surface area contributed by atoms with E-state index in [1.54, 1.807) is 13.2 Å². The molecule has 0 saturated carbocycles. The number of ketones is 1. The predicted molar refractivity (Wildman–Crippen MR) is 156 cm³/mol. The van der Waals surface area contributed by atoms with Crippen LogP contribution in [0.3, 0.4) is 0 Å². The molecule has 0 spiro atoms. The van der Waals surface area contributed by atoms with E-state index in [1.165, 1.54) is 4.90 Å². The summed E-state index contributed by atoms with van der Waals surface area (Å²) in [6, 6.07) is 16.0. The third-order valence-electron chi connectivity index (χ3n) is 6.90. The van der Waals surface area contributed by atoms with E-state index >= 15 is 0 Å². The molecule has 1 fully saturated rings. The van der Waals surface area contributed by atoms with E-state index in [-0.39, 0.29) is 41.9 Å². The first kappa shape index (κ1) is 29.2. The summed E-state index contributed by atoms with van der Waals surface area (Å²) in [7, 11) is 1.57. The number of Topliss-reactive ketones (excluding diaryl/α,β-unsaturated/α-hetero) is 1. The molecule has 3 N–H and O–H groups in total. The third-order valence-corrected chi connectivity index (χ3v) is 7.89. The van der Waals surface area contributed by atoms with Crippen LogP contribution in [-0.4, -0.2) is 65.5 Å². The second-order valence-electron chi connectivity index (χ2n) is 10.4. The van der Waals surface area contributed by atoms with Crippen molar-refractivity contribution in [2.24, 2.45) is 11.8 Å². The van der Waals surface area contributed by atoms with Crippen molar-refractivity contribution in [2.75, 3.05) is 26.7 Å². The lowest BCUT2D eigenvalue weighted by molar-refractivity contribution is -0.124. The van der Waals surface area contributed by atoms with Crippen molar-refractivity contribution in [3.8, 4) is 5.75 Å². The van der Waals surface area contributed by atoms with Crippen LogP contribution in [0.1, 0.15) is 42.7 Å². The van der Waals surface area contributed by atoms with Gasteiger partial charge in [0.05, 0.1) is 25.6 Å². The maximum atomic E-state index is 13.6. The Kier molecular flexibility index (Phi) is 9.87. The number of nitrogens with zero attached hydrogens (tertiary/aromatic N) is 1. The second kappa shape index (κ2) is 13.5. The summed E-state index contributed by atoms with van der Waals surface area (Å²) in [5.41, 5.74) is 2.05. The Morgan fingerprint density at radius 1 is 1.12 bits per heavy atom. The Morgan fingerprint density at radius 2 is 1.90 bits per heavy atom. The molecule has 0 unspecified atom stereocenters. The number of nitrogens with one attached hydrogen (secondary N) is 3. The number of H-pyrrole nitrogens is 1. The van der Waals surface area contributed by atoms with Crippen molar-refractivity contribution >= 4 is 45.5 Å². The van der Waals surface area contributed by atoms with Crippen LogP contribution in [0.2, 0.25) is 0 Å². The molecule has 9 nitrogen and oxygen atoms in total. The van der Waals surface area contributed by atoms with E-state index in [9.17, 15) is 19.2 Å². The van der Waals surface area contributed by atoms with Crippen LogP contribution in [0.15, 0.2) is 54.6 Å². The van der Waals surface area contributed by atoms with Gasteiger partial charge < -0.3 is 25.3 Å². The number of aromatic nitrogens is 1. The summed E-state index contributed by atoms with van der Waals surface area (Å²) >= 11 is 1.11. The molecule has 2 heterocycles. The van der Waals surface area contributed by atoms with Gasteiger partial charge in [0.2, 0.25) is 5.91 Å². The van der Waals surface area contributed by atoms with E-state index in [1.807, 2.05) is 62.4 Å². The zero-order chi connectivity index (χ0) is 28.6. The number of methoxy groups -OCH3 is 1. The average molecular weight is 565 g/mol. The SMILES string of the molecule is COc1cccc2[nH]c(C(=O)N[C@@H](CC(C)C)C(=O)CN(C[C@@H]3CCNC3=O)C(=O)SCc3ccccc3)cc12. The van der Waals surface area contributed by atoms with Gasteiger partial charge in [0.15, 0.2) is 5.78 Å². The second-order valence-corrected chi connectivity index (χ2v) is 11.4. The lowest BCUT2D eigenvalue weighted by Crippen LogP contribution is -2.48. The highest BCUT2D eigenvalue weighted by molar-refractivity contribution is 8.12. The molecule has 10 heteroatoms. The minimum atomic E-state index is -0.798. The third kappa shape index (κ3) is 7.44. The summed E-state index contributed by atoms with van der Waals surface area (Å²) in [5.74, 6) is 0.0479. The summed E-state index contributed by atoms with van der Waals surface area (Å²) in [6.07, 6.45) is 1.02. The van der Waals surface area contributed by atoms with Crippen molar-refractivity contribution in [3.05, 3.63) is 65.9 Å². The Morgan fingerprint density at radius 3 is 2.58 bits per heavy atom. The lowest BCUT2D eigenvalue weighted by atomic mass is 9.99. The number of ether oxygens (including phenoxy) is 1. The standard InChI is InChI=1S/C30H36N4O5S/c1-19(2)14-24(33-29(37)25-15-22-23(32-25)10-7-11-27(22)39-3)26(35)17-34(16-21-12-13-31-28(21)36)30(38)40-18-20-8-5-4-6-9-20/h4-11,15,19,21,24,32H,12-14,16-18H2,1-3H3,(H,31,36)(H,33,37)/t21-,24-/m0/s1. The Hall–Kier alpha value is -3.79. The molecule has 212 valence electrons. The van der Waals surface area contributed by atoms with Gasteiger partial charge in [-0.25, -0.2) is 0 Å². The highest BCUT2D eigenvalue weighted by Crippen LogP contribution is 2.26. The molecule has 3 aromatic rings. The summed E-state index contributed by atoms with van der Waals surface area (Å²) in [4.78, 5) is 57.0. The van der Waals surface area contributed by atoms with Crippen molar-refractivity contribution in [2.45, 2.75) is 38.5 Å². The van der Waals surface area contributed by atoms with Gasteiger partial charge in [0, 0.05) is 29.7 Å². The predicted octanol–water partition coefficient (Wildman–Crippen LogP) is 4.38. The first-order chi connectivity index (χ1) is 19.2. The van der Waals surface area contributed by atoms with Crippen molar-refractivity contribution < 1.29 is 23.9 Å². The fraction of sp³-hybridized carbons (Fsp3) is 0.400. The number of rotatable bonds is 12. The van der Waals surface area contributed by atoms with Crippen LogP contribution in [0, 0.1) is 11.8 Å². The largest absolute Gasteiger partial charge is 0.496 e. The van der Waals surface area contributed by atoms with E-state index in [2.05, 4.69) is 15.6 Å². The van der Waals surface area contributed by atoms with Gasteiger partial charge in [-0.1, -0.05) is 62.0 Å². The van der Waals surface area contributed by atoms with Gasteiger partial charge in [-0.3, -0.25) is 19.2 Å². The van der Waals surface area contributed by atoms with Gasteiger partial charge in [0.1, 0.15) is 11.4 Å². The van der Waals surface area contributed by atoms with E-state index < -0.39 is 11.9 Å². The lowest BCUT2D eigenvalue weighted by Gasteiger charge is -2.27. The van der Waals surface area contributed by atoms with Crippen molar-refractivity contribution in [1.82, 2.24) is 20.5 Å². The van der Waals surface area contributed by atoms with Gasteiger partial charge in [-0.05, 0) is 42.5 Å². The Labute approximate surface area is 238 Å². The molecule has 4 rings (SSSR count). The number of amides is 3. The first-order valence-corrected chi connectivity index (χ1v) is 14.5. The number of thioether (sulfide) groups is 1. The molecule has 3 amide bonds. The summed E-state index contributed by atoms with van der Waals surface area (Å²) in [5, 5.41) is 6.18. The molecule has 0 radical (unpaired) electrons. The fourth-order valence-corrected chi connectivity index (χ4v) is 5.61. The number of hydrogen-bond donors (Lipinski definition) is 3. The van der Waals surface area contributed by atoms with Crippen LogP contribution < -0.4 is 15.4 Å². The van der Waals surface area contributed by atoms with E-state index in [0.717, 1.165) is 28.2 Å². The number of fused-ring (bicyclic) bond motifs is 1. The van der Waals surface area contributed by atoms with Crippen molar-refractivity contribution in [1.29, 1.82) is 0 Å².